The minimum atomic E-state index is -0.658. The maximum Gasteiger partial charge on any atom is 0.407 e. The fraction of sp³-hybridized carbons (Fsp3) is 0.778. The lowest BCUT2D eigenvalue weighted by Crippen LogP contribution is -2.41. The Labute approximate surface area is 89.1 Å². The van der Waals surface area contributed by atoms with Crippen molar-refractivity contribution in [1.82, 2.24) is 5.32 Å². The number of esters is 1. The first kappa shape index (κ1) is 13.7. The Morgan fingerprint density at radius 2 is 1.93 bits per heavy atom. The van der Waals surface area contributed by atoms with Crippen LogP contribution in [0.5, 0.6) is 0 Å². The summed E-state index contributed by atoms with van der Waals surface area (Å²) < 4.78 is 8.95. The molecule has 0 rings (SSSR count). The maximum atomic E-state index is 11.2. The number of methoxy groups -OCH3 is 2. The first-order chi connectivity index (χ1) is 7.15. The van der Waals surface area contributed by atoms with Crippen molar-refractivity contribution in [3.63, 3.8) is 0 Å². The molecule has 0 heterocycles. The van der Waals surface area contributed by atoms with Crippen LogP contribution in [0.15, 0.2) is 0 Å². The Bertz CT molecular complexity index is 208. The summed E-state index contributed by atoms with van der Waals surface area (Å²) in [5, 5.41) is 2.40. The number of unbranched alkanes of at least 4 members (excludes halogenated alkanes) is 1. The fourth-order valence-corrected chi connectivity index (χ4v) is 1.09. The molecule has 15 heavy (non-hydrogen) atoms. The van der Waals surface area contributed by atoms with E-state index in [1.165, 1.54) is 14.2 Å². The summed E-state index contributed by atoms with van der Waals surface area (Å²) in [5.74, 6) is -0.475. The first-order valence-electron chi connectivity index (χ1n) is 4.78. The molecule has 1 atom stereocenters. The van der Waals surface area contributed by atoms with Crippen LogP contribution in [-0.4, -0.2) is 38.9 Å². The lowest BCUT2D eigenvalue weighted by Gasteiger charge is -2.15. The third-order valence-electron chi connectivity index (χ3n) is 1.91. The van der Waals surface area contributed by atoms with Crippen LogP contribution in [-0.2, 0) is 14.3 Å². The Balaban J connectivity index is 4.06. The summed E-state index contributed by atoms with van der Waals surface area (Å²) in [5.41, 5.74) is 5.32. The number of nitrogens with one attached hydrogen (secondary N) is 1. The zero-order chi connectivity index (χ0) is 11.7. The highest BCUT2D eigenvalue weighted by Gasteiger charge is 2.20. The number of carbonyl (C=O) groups excluding carboxylic acids is 2. The van der Waals surface area contributed by atoms with Crippen LogP contribution in [0.2, 0.25) is 0 Å². The van der Waals surface area contributed by atoms with Gasteiger partial charge < -0.3 is 20.5 Å². The van der Waals surface area contributed by atoms with Gasteiger partial charge in [-0.1, -0.05) is 0 Å². The minimum absolute atomic E-state index is 0.475. The van der Waals surface area contributed by atoms with Crippen LogP contribution < -0.4 is 11.1 Å². The number of hydrogen-bond acceptors (Lipinski definition) is 5. The Morgan fingerprint density at radius 1 is 1.27 bits per heavy atom. The monoisotopic (exact) mass is 218 g/mol. The summed E-state index contributed by atoms with van der Waals surface area (Å²) in [6, 6.07) is -0.658. The van der Waals surface area contributed by atoms with Gasteiger partial charge >= 0.3 is 12.1 Å². The van der Waals surface area contributed by atoms with Gasteiger partial charge in [-0.25, -0.2) is 9.59 Å². The van der Waals surface area contributed by atoms with Crippen molar-refractivity contribution < 1.29 is 19.1 Å². The average molecular weight is 218 g/mol. The van der Waals surface area contributed by atoms with Gasteiger partial charge in [-0.15, -0.1) is 0 Å². The first-order valence-corrected chi connectivity index (χ1v) is 4.78. The SMILES string of the molecule is COC(=O)NC(CCCCN)C(=O)OC. The molecule has 0 bridgehead atoms. The highest BCUT2D eigenvalue weighted by molar-refractivity contribution is 5.81. The molecule has 0 saturated heterocycles. The number of carbonyl (C=O) groups is 2. The second-order valence-corrected chi connectivity index (χ2v) is 3.00. The summed E-state index contributed by atoms with van der Waals surface area (Å²) in [6.45, 7) is 0.562. The Hall–Kier alpha value is -1.30. The Morgan fingerprint density at radius 3 is 2.40 bits per heavy atom. The topological polar surface area (TPSA) is 90.6 Å². The average Bonchev–Trinajstić information content (AvgIpc) is 2.26. The summed E-state index contributed by atoms with van der Waals surface area (Å²) in [7, 11) is 2.51. The molecule has 1 unspecified atom stereocenters. The van der Waals surface area contributed by atoms with E-state index in [-0.39, 0.29) is 0 Å². The molecule has 0 aromatic heterocycles. The van der Waals surface area contributed by atoms with Gasteiger partial charge in [0.05, 0.1) is 14.2 Å². The number of ether oxygens (including phenoxy) is 2. The van der Waals surface area contributed by atoms with E-state index in [0.29, 0.717) is 13.0 Å². The van der Waals surface area contributed by atoms with Gasteiger partial charge in [0.15, 0.2) is 0 Å². The van der Waals surface area contributed by atoms with Crippen LogP contribution >= 0.6 is 0 Å². The largest absolute Gasteiger partial charge is 0.467 e. The van der Waals surface area contributed by atoms with E-state index in [1.54, 1.807) is 0 Å². The molecular formula is C9H18N2O4. The molecule has 6 heteroatoms. The van der Waals surface area contributed by atoms with E-state index in [1.807, 2.05) is 0 Å². The molecule has 0 radical (unpaired) electrons. The van der Waals surface area contributed by atoms with E-state index >= 15 is 0 Å². The third kappa shape index (κ3) is 5.90. The van der Waals surface area contributed by atoms with Crippen molar-refractivity contribution in [3.05, 3.63) is 0 Å². The highest BCUT2D eigenvalue weighted by Crippen LogP contribution is 2.02. The molecule has 1 amide bonds. The molecule has 0 aliphatic rings. The number of hydrogen-bond donors (Lipinski definition) is 2. The van der Waals surface area contributed by atoms with Crippen LogP contribution in [0.1, 0.15) is 19.3 Å². The molecule has 0 aromatic carbocycles. The van der Waals surface area contributed by atoms with Crippen LogP contribution in [0.4, 0.5) is 4.79 Å². The van der Waals surface area contributed by atoms with E-state index in [0.717, 1.165) is 12.8 Å². The zero-order valence-electron chi connectivity index (χ0n) is 9.12. The van der Waals surface area contributed by atoms with Gasteiger partial charge in [-0.05, 0) is 25.8 Å². The molecule has 3 N–H and O–H groups in total. The standard InChI is InChI=1S/C9H18N2O4/c1-14-8(12)7(5-3-4-6-10)11-9(13)15-2/h7H,3-6,10H2,1-2H3,(H,11,13). The van der Waals surface area contributed by atoms with E-state index < -0.39 is 18.1 Å². The van der Waals surface area contributed by atoms with Gasteiger partial charge in [0.2, 0.25) is 0 Å². The van der Waals surface area contributed by atoms with Crippen molar-refractivity contribution >= 4 is 12.1 Å². The van der Waals surface area contributed by atoms with Gasteiger partial charge in [0, 0.05) is 0 Å². The third-order valence-corrected chi connectivity index (χ3v) is 1.91. The quantitative estimate of drug-likeness (QED) is 0.484. The van der Waals surface area contributed by atoms with Gasteiger partial charge in [-0.2, -0.15) is 0 Å². The summed E-state index contributed by atoms with van der Waals surface area (Å²) >= 11 is 0. The second-order valence-electron chi connectivity index (χ2n) is 3.00. The molecule has 0 spiro atoms. The second kappa shape index (κ2) is 8.05. The molecule has 88 valence electrons. The van der Waals surface area contributed by atoms with Gasteiger partial charge in [0.25, 0.3) is 0 Å². The zero-order valence-corrected chi connectivity index (χ0v) is 9.12. The summed E-state index contributed by atoms with van der Waals surface area (Å²) in [4.78, 5) is 22.1. The lowest BCUT2D eigenvalue weighted by atomic mass is 10.1. The molecule has 0 aliphatic carbocycles. The van der Waals surface area contributed by atoms with Crippen molar-refractivity contribution in [2.24, 2.45) is 5.73 Å². The predicted octanol–water partition coefficient (Wildman–Crippen LogP) is 0.0130. The molecule has 0 fully saturated rings. The van der Waals surface area contributed by atoms with E-state index in [9.17, 15) is 9.59 Å². The number of amides is 1. The lowest BCUT2D eigenvalue weighted by molar-refractivity contribution is -0.143. The van der Waals surface area contributed by atoms with E-state index in [2.05, 4.69) is 14.8 Å². The van der Waals surface area contributed by atoms with Crippen molar-refractivity contribution in [1.29, 1.82) is 0 Å². The van der Waals surface area contributed by atoms with Crippen LogP contribution in [0, 0.1) is 0 Å². The highest BCUT2D eigenvalue weighted by atomic mass is 16.5. The van der Waals surface area contributed by atoms with Gasteiger partial charge in [0.1, 0.15) is 6.04 Å². The number of alkyl carbamates (subject to hydrolysis) is 1. The molecular weight excluding hydrogens is 200 g/mol. The molecule has 0 saturated carbocycles. The fourth-order valence-electron chi connectivity index (χ4n) is 1.09. The number of rotatable bonds is 6. The summed E-state index contributed by atoms with van der Waals surface area (Å²) in [6.07, 6.45) is 1.41. The Kier molecular flexibility index (Phi) is 7.35. The van der Waals surface area contributed by atoms with E-state index in [4.69, 9.17) is 5.73 Å². The normalized spacial score (nSPS) is 11.7. The van der Waals surface area contributed by atoms with Crippen LogP contribution in [0.25, 0.3) is 0 Å². The smallest absolute Gasteiger partial charge is 0.407 e. The maximum absolute atomic E-state index is 11.2. The van der Waals surface area contributed by atoms with Crippen molar-refractivity contribution in [2.45, 2.75) is 25.3 Å². The molecule has 0 aromatic rings. The minimum Gasteiger partial charge on any atom is -0.467 e. The number of nitrogens with two attached hydrogens (primary N) is 1. The van der Waals surface area contributed by atoms with Gasteiger partial charge in [-0.3, -0.25) is 0 Å². The van der Waals surface area contributed by atoms with Crippen molar-refractivity contribution in [2.75, 3.05) is 20.8 Å². The molecule has 0 aliphatic heterocycles. The van der Waals surface area contributed by atoms with Crippen molar-refractivity contribution in [3.8, 4) is 0 Å². The van der Waals surface area contributed by atoms with Crippen LogP contribution in [0.3, 0.4) is 0 Å². The predicted molar refractivity (Wildman–Crippen MR) is 54.3 cm³/mol. The molecule has 6 nitrogen and oxygen atoms in total.